The van der Waals surface area contributed by atoms with Crippen LogP contribution in [0, 0.1) is 5.92 Å². The number of rotatable bonds is 10. The molecule has 0 aliphatic carbocycles. The minimum absolute atomic E-state index is 0.575. The van der Waals surface area contributed by atoms with Gasteiger partial charge in [-0.05, 0) is 24.5 Å². The number of ether oxygens (including phenoxy) is 3. The summed E-state index contributed by atoms with van der Waals surface area (Å²) in [6.07, 6.45) is 0.950. The van der Waals surface area contributed by atoms with Gasteiger partial charge in [0.05, 0.1) is 14.2 Å². The molecule has 0 aliphatic heterocycles. The molecule has 0 spiro atoms. The zero-order valence-electron chi connectivity index (χ0n) is 16.5. The highest BCUT2D eigenvalue weighted by Gasteiger charge is 2.11. The van der Waals surface area contributed by atoms with Crippen molar-refractivity contribution < 1.29 is 14.2 Å². The van der Waals surface area contributed by atoms with Gasteiger partial charge in [0.1, 0.15) is 11.5 Å². The largest absolute Gasteiger partial charge is 0.497 e. The zero-order valence-corrected chi connectivity index (χ0v) is 16.5. The van der Waals surface area contributed by atoms with E-state index in [9.17, 15) is 0 Å². The zero-order chi connectivity index (χ0) is 18.7. The fourth-order valence-electron chi connectivity index (χ4n) is 2.39. The van der Waals surface area contributed by atoms with Crippen LogP contribution in [0.2, 0.25) is 0 Å². The average Bonchev–Trinajstić information content (AvgIpc) is 2.61. The molecule has 0 unspecified atom stereocenters. The topological polar surface area (TPSA) is 55.3 Å². The van der Waals surface area contributed by atoms with E-state index in [-0.39, 0.29) is 0 Å². The Bertz CT molecular complexity index is 533. The predicted octanol–water partition coefficient (Wildman–Crippen LogP) is 2.77. The van der Waals surface area contributed by atoms with Gasteiger partial charge in [-0.25, -0.2) is 0 Å². The van der Waals surface area contributed by atoms with E-state index in [1.807, 2.05) is 25.2 Å². The van der Waals surface area contributed by atoms with Crippen LogP contribution < -0.4 is 14.8 Å². The van der Waals surface area contributed by atoms with E-state index in [0.29, 0.717) is 12.5 Å². The van der Waals surface area contributed by atoms with Crippen molar-refractivity contribution in [2.45, 2.75) is 26.8 Å². The third kappa shape index (κ3) is 7.65. The Morgan fingerprint density at radius 3 is 2.60 bits per heavy atom. The highest BCUT2D eigenvalue weighted by Crippen LogP contribution is 2.25. The number of nitrogens with zero attached hydrogens (tertiary/aromatic N) is 2. The van der Waals surface area contributed by atoms with Crippen LogP contribution >= 0.6 is 0 Å². The second-order valence-corrected chi connectivity index (χ2v) is 6.33. The molecule has 1 rings (SSSR count). The van der Waals surface area contributed by atoms with E-state index in [1.54, 1.807) is 21.3 Å². The summed E-state index contributed by atoms with van der Waals surface area (Å²) in [4.78, 5) is 6.41. The third-order valence-electron chi connectivity index (χ3n) is 3.67. The Morgan fingerprint density at radius 2 is 2.00 bits per heavy atom. The van der Waals surface area contributed by atoms with E-state index in [0.717, 1.165) is 49.2 Å². The van der Waals surface area contributed by atoms with Crippen molar-refractivity contribution in [2.24, 2.45) is 10.9 Å². The van der Waals surface area contributed by atoms with Crippen LogP contribution in [0.5, 0.6) is 11.5 Å². The van der Waals surface area contributed by atoms with E-state index in [2.05, 4.69) is 29.1 Å². The van der Waals surface area contributed by atoms with Crippen molar-refractivity contribution in [3.63, 3.8) is 0 Å². The number of guanidine groups is 1. The molecule has 6 nitrogen and oxygen atoms in total. The first kappa shape index (κ1) is 21.1. The fourth-order valence-corrected chi connectivity index (χ4v) is 2.39. The second kappa shape index (κ2) is 11.6. The number of aliphatic imine (C=N–C) groups is 1. The van der Waals surface area contributed by atoms with Crippen LogP contribution in [0.1, 0.15) is 25.8 Å². The molecule has 0 heterocycles. The van der Waals surface area contributed by atoms with Gasteiger partial charge in [0.15, 0.2) is 5.96 Å². The molecule has 142 valence electrons. The quantitative estimate of drug-likeness (QED) is 0.399. The number of benzene rings is 1. The Labute approximate surface area is 152 Å². The second-order valence-electron chi connectivity index (χ2n) is 6.33. The maximum Gasteiger partial charge on any atom is 0.193 e. The molecule has 0 fully saturated rings. The van der Waals surface area contributed by atoms with Gasteiger partial charge in [-0.15, -0.1) is 0 Å². The van der Waals surface area contributed by atoms with Crippen LogP contribution in [0.25, 0.3) is 0 Å². The first-order chi connectivity index (χ1) is 12.0. The highest BCUT2D eigenvalue weighted by atomic mass is 16.5. The summed E-state index contributed by atoms with van der Waals surface area (Å²) in [5.41, 5.74) is 1.08. The van der Waals surface area contributed by atoms with Crippen LogP contribution in [0.4, 0.5) is 0 Å². The number of hydrogen-bond acceptors (Lipinski definition) is 4. The first-order valence-corrected chi connectivity index (χ1v) is 8.72. The van der Waals surface area contributed by atoms with Crippen molar-refractivity contribution in [3.8, 4) is 11.5 Å². The molecule has 0 bridgehead atoms. The predicted molar refractivity (Wildman–Crippen MR) is 103 cm³/mol. The SMILES string of the molecule is CN=C(NCCCOCC(C)C)N(C)Cc1ccc(OC)cc1OC. The van der Waals surface area contributed by atoms with Gasteiger partial charge in [-0.3, -0.25) is 4.99 Å². The number of nitrogens with one attached hydrogen (secondary N) is 1. The number of methoxy groups -OCH3 is 2. The molecule has 0 saturated carbocycles. The van der Waals surface area contributed by atoms with Crippen molar-refractivity contribution in [1.29, 1.82) is 0 Å². The van der Waals surface area contributed by atoms with E-state index >= 15 is 0 Å². The van der Waals surface area contributed by atoms with Crippen molar-refractivity contribution >= 4 is 5.96 Å². The van der Waals surface area contributed by atoms with Crippen LogP contribution in [0.3, 0.4) is 0 Å². The lowest BCUT2D eigenvalue weighted by atomic mass is 10.2. The molecule has 0 amide bonds. The molecule has 1 aromatic rings. The summed E-state index contributed by atoms with van der Waals surface area (Å²) < 4.78 is 16.3. The number of hydrogen-bond donors (Lipinski definition) is 1. The summed E-state index contributed by atoms with van der Waals surface area (Å²) in [7, 11) is 7.12. The highest BCUT2D eigenvalue weighted by molar-refractivity contribution is 5.79. The summed E-state index contributed by atoms with van der Waals surface area (Å²) >= 11 is 0. The van der Waals surface area contributed by atoms with Gasteiger partial charge in [0, 0.05) is 52.0 Å². The van der Waals surface area contributed by atoms with Crippen LogP contribution in [-0.4, -0.2) is 58.9 Å². The first-order valence-electron chi connectivity index (χ1n) is 8.72. The van der Waals surface area contributed by atoms with Gasteiger partial charge >= 0.3 is 0 Å². The Morgan fingerprint density at radius 1 is 1.24 bits per heavy atom. The molecule has 0 aromatic heterocycles. The smallest absolute Gasteiger partial charge is 0.193 e. The molecule has 6 heteroatoms. The molecule has 1 N–H and O–H groups in total. The van der Waals surface area contributed by atoms with E-state index in [4.69, 9.17) is 14.2 Å². The fraction of sp³-hybridized carbons (Fsp3) is 0.632. The lowest BCUT2D eigenvalue weighted by molar-refractivity contribution is 0.108. The molecule has 0 radical (unpaired) electrons. The van der Waals surface area contributed by atoms with Gasteiger partial charge in [0.2, 0.25) is 0 Å². The van der Waals surface area contributed by atoms with Crippen LogP contribution in [-0.2, 0) is 11.3 Å². The van der Waals surface area contributed by atoms with Crippen molar-refractivity contribution in [1.82, 2.24) is 10.2 Å². The molecule has 0 saturated heterocycles. The van der Waals surface area contributed by atoms with Gasteiger partial charge in [-0.1, -0.05) is 13.8 Å². The molecular weight excluding hydrogens is 318 g/mol. The molecule has 0 aliphatic rings. The Balaban J connectivity index is 2.50. The van der Waals surface area contributed by atoms with Gasteiger partial charge in [0.25, 0.3) is 0 Å². The molecule has 1 aromatic carbocycles. The minimum atomic E-state index is 0.575. The third-order valence-corrected chi connectivity index (χ3v) is 3.67. The molecular formula is C19H33N3O3. The average molecular weight is 351 g/mol. The van der Waals surface area contributed by atoms with E-state index < -0.39 is 0 Å². The lowest BCUT2D eigenvalue weighted by Gasteiger charge is -2.23. The summed E-state index contributed by atoms with van der Waals surface area (Å²) in [6, 6.07) is 5.85. The maximum absolute atomic E-state index is 5.60. The maximum atomic E-state index is 5.60. The van der Waals surface area contributed by atoms with Crippen molar-refractivity contribution in [3.05, 3.63) is 23.8 Å². The summed E-state index contributed by atoms with van der Waals surface area (Å²) in [5, 5.41) is 3.37. The molecule has 0 atom stereocenters. The summed E-state index contributed by atoms with van der Waals surface area (Å²) in [6.45, 7) is 7.40. The Kier molecular flexibility index (Phi) is 9.77. The van der Waals surface area contributed by atoms with Crippen molar-refractivity contribution in [2.75, 3.05) is 48.1 Å². The lowest BCUT2D eigenvalue weighted by Crippen LogP contribution is -2.39. The van der Waals surface area contributed by atoms with Gasteiger partial charge in [-0.2, -0.15) is 0 Å². The van der Waals surface area contributed by atoms with Gasteiger partial charge < -0.3 is 24.4 Å². The van der Waals surface area contributed by atoms with E-state index in [1.165, 1.54) is 0 Å². The normalized spacial score (nSPS) is 11.6. The standard InChI is InChI=1S/C19H33N3O3/c1-15(2)14-25-11-7-10-21-19(20-3)22(4)13-16-8-9-17(23-5)12-18(16)24-6/h8-9,12,15H,7,10-11,13-14H2,1-6H3,(H,20,21). The summed E-state index contributed by atoms with van der Waals surface area (Å²) in [5.74, 6) is 3.02. The van der Waals surface area contributed by atoms with Crippen LogP contribution in [0.15, 0.2) is 23.2 Å². The monoisotopic (exact) mass is 351 g/mol. The molecule has 25 heavy (non-hydrogen) atoms. The minimum Gasteiger partial charge on any atom is -0.497 e. The Hall–Kier alpha value is -1.95.